The van der Waals surface area contributed by atoms with Gasteiger partial charge in [-0.2, -0.15) is 0 Å². The predicted octanol–water partition coefficient (Wildman–Crippen LogP) is 3.68. The number of imidazole rings is 1. The van der Waals surface area contributed by atoms with E-state index in [1.807, 2.05) is 26.0 Å². The molecule has 1 aromatic carbocycles. The first-order valence-electron chi connectivity index (χ1n) is 6.17. The number of ether oxygens (including phenoxy) is 1. The maximum absolute atomic E-state index is 6.23. The third-order valence-corrected chi connectivity index (χ3v) is 3.39. The molecule has 2 aromatic rings. The van der Waals surface area contributed by atoms with Gasteiger partial charge in [0, 0.05) is 7.11 Å². The van der Waals surface area contributed by atoms with Crippen LogP contribution in [0.2, 0.25) is 0 Å². The number of alkyl halides is 1. The maximum Gasteiger partial charge on any atom is 0.127 e. The van der Waals surface area contributed by atoms with Crippen LogP contribution >= 0.6 is 11.6 Å². The van der Waals surface area contributed by atoms with Gasteiger partial charge < -0.3 is 9.30 Å². The first-order chi connectivity index (χ1) is 8.54. The zero-order valence-electron chi connectivity index (χ0n) is 11.3. The van der Waals surface area contributed by atoms with Crippen LogP contribution in [0.3, 0.4) is 0 Å². The Hall–Kier alpha value is -1.06. The molecule has 0 fully saturated rings. The summed E-state index contributed by atoms with van der Waals surface area (Å²) in [6.07, 6.45) is 0.135. The van der Waals surface area contributed by atoms with Gasteiger partial charge in [-0.05, 0) is 32.4 Å². The van der Waals surface area contributed by atoms with Crippen LogP contribution in [0.5, 0.6) is 0 Å². The van der Waals surface area contributed by atoms with Crippen molar-refractivity contribution in [1.82, 2.24) is 9.55 Å². The summed E-state index contributed by atoms with van der Waals surface area (Å²) >= 11 is 6.23. The lowest BCUT2D eigenvalue weighted by molar-refractivity contribution is 0.103. The van der Waals surface area contributed by atoms with Crippen molar-refractivity contribution in [2.24, 2.45) is 0 Å². The summed E-state index contributed by atoms with van der Waals surface area (Å²) in [6, 6.07) is 6.15. The molecule has 0 amide bonds. The van der Waals surface area contributed by atoms with Gasteiger partial charge in [-0.3, -0.25) is 0 Å². The van der Waals surface area contributed by atoms with E-state index in [1.54, 1.807) is 7.11 Å². The molecule has 18 heavy (non-hydrogen) atoms. The number of aromatic nitrogens is 2. The molecule has 0 bridgehead atoms. The lowest BCUT2D eigenvalue weighted by Gasteiger charge is -2.15. The molecule has 1 heterocycles. The van der Waals surface area contributed by atoms with E-state index in [9.17, 15) is 0 Å². The van der Waals surface area contributed by atoms with Gasteiger partial charge in [-0.25, -0.2) is 4.98 Å². The number of hydrogen-bond acceptors (Lipinski definition) is 2. The Bertz CT molecular complexity index is 548. The SMILES string of the molecule is COC(C)Cn1c(C(C)Cl)nc2cccc(C)c21. The third-order valence-electron chi connectivity index (χ3n) is 3.20. The van der Waals surface area contributed by atoms with Crippen molar-refractivity contribution in [2.75, 3.05) is 7.11 Å². The molecule has 98 valence electrons. The van der Waals surface area contributed by atoms with Crippen LogP contribution in [0.4, 0.5) is 0 Å². The first-order valence-corrected chi connectivity index (χ1v) is 6.60. The van der Waals surface area contributed by atoms with Crippen LogP contribution in [0.1, 0.15) is 30.6 Å². The largest absolute Gasteiger partial charge is 0.380 e. The summed E-state index contributed by atoms with van der Waals surface area (Å²) in [6.45, 7) is 6.86. The van der Waals surface area contributed by atoms with Crippen molar-refractivity contribution in [3.63, 3.8) is 0 Å². The standard InChI is InChI=1S/C14H19ClN2O/c1-9-6-5-7-12-13(9)17(8-10(2)18-4)14(16-12)11(3)15/h5-7,10-11H,8H2,1-4H3. The van der Waals surface area contributed by atoms with Gasteiger partial charge in [0.1, 0.15) is 5.82 Å². The summed E-state index contributed by atoms with van der Waals surface area (Å²) in [5.74, 6) is 0.907. The third kappa shape index (κ3) is 2.38. The van der Waals surface area contributed by atoms with Crippen LogP contribution < -0.4 is 0 Å². The second-order valence-electron chi connectivity index (χ2n) is 4.69. The molecule has 0 spiro atoms. The minimum absolute atomic E-state index is 0.110. The molecule has 0 N–H and O–H groups in total. The molecular formula is C14H19ClN2O. The molecule has 0 saturated carbocycles. The van der Waals surface area contributed by atoms with Gasteiger partial charge in [0.25, 0.3) is 0 Å². The van der Waals surface area contributed by atoms with E-state index >= 15 is 0 Å². The minimum Gasteiger partial charge on any atom is -0.380 e. The van der Waals surface area contributed by atoms with Crippen LogP contribution in [0.25, 0.3) is 11.0 Å². The number of fused-ring (bicyclic) bond motifs is 1. The number of para-hydroxylation sites is 1. The topological polar surface area (TPSA) is 27.1 Å². The van der Waals surface area contributed by atoms with Crippen molar-refractivity contribution < 1.29 is 4.74 Å². The van der Waals surface area contributed by atoms with E-state index in [2.05, 4.69) is 22.5 Å². The van der Waals surface area contributed by atoms with Crippen molar-refractivity contribution in [3.8, 4) is 0 Å². The zero-order valence-corrected chi connectivity index (χ0v) is 12.0. The van der Waals surface area contributed by atoms with E-state index in [4.69, 9.17) is 16.3 Å². The molecule has 2 rings (SSSR count). The summed E-state index contributed by atoms with van der Waals surface area (Å²) in [7, 11) is 1.72. The Kier molecular flexibility index (Phi) is 3.93. The maximum atomic E-state index is 6.23. The Morgan fingerprint density at radius 1 is 1.39 bits per heavy atom. The second kappa shape index (κ2) is 5.29. The van der Waals surface area contributed by atoms with Gasteiger partial charge >= 0.3 is 0 Å². The first kappa shape index (κ1) is 13.4. The summed E-state index contributed by atoms with van der Waals surface area (Å²) in [5, 5.41) is -0.110. The van der Waals surface area contributed by atoms with Crippen LogP contribution in [-0.2, 0) is 11.3 Å². The van der Waals surface area contributed by atoms with Gasteiger partial charge in [-0.1, -0.05) is 12.1 Å². The number of halogens is 1. The van der Waals surface area contributed by atoms with Crippen molar-refractivity contribution >= 4 is 22.6 Å². The summed E-state index contributed by atoms with van der Waals surface area (Å²) < 4.78 is 7.53. The highest BCUT2D eigenvalue weighted by Crippen LogP contribution is 2.27. The van der Waals surface area contributed by atoms with Crippen LogP contribution in [0, 0.1) is 6.92 Å². The minimum atomic E-state index is -0.110. The molecule has 2 unspecified atom stereocenters. The molecule has 3 nitrogen and oxygen atoms in total. The van der Waals surface area contributed by atoms with Gasteiger partial charge in [0.2, 0.25) is 0 Å². The normalized spacial score (nSPS) is 14.9. The smallest absolute Gasteiger partial charge is 0.127 e. The highest BCUT2D eigenvalue weighted by molar-refractivity contribution is 6.20. The van der Waals surface area contributed by atoms with E-state index in [1.165, 1.54) is 5.56 Å². The molecule has 4 heteroatoms. The monoisotopic (exact) mass is 266 g/mol. The average Bonchev–Trinajstić information content (AvgIpc) is 2.69. The fraction of sp³-hybridized carbons (Fsp3) is 0.500. The quantitative estimate of drug-likeness (QED) is 0.790. The average molecular weight is 267 g/mol. The molecule has 0 aliphatic carbocycles. The molecule has 0 aliphatic rings. The fourth-order valence-corrected chi connectivity index (χ4v) is 2.37. The number of rotatable bonds is 4. The van der Waals surface area contributed by atoms with Gasteiger partial charge in [-0.15, -0.1) is 11.6 Å². The predicted molar refractivity (Wildman–Crippen MR) is 75.2 cm³/mol. The number of benzene rings is 1. The molecule has 2 atom stereocenters. The van der Waals surface area contributed by atoms with E-state index < -0.39 is 0 Å². The Morgan fingerprint density at radius 3 is 2.72 bits per heavy atom. The van der Waals surface area contributed by atoms with Gasteiger partial charge in [0.05, 0.1) is 29.1 Å². The summed E-state index contributed by atoms with van der Waals surface area (Å²) in [5.41, 5.74) is 3.37. The second-order valence-corrected chi connectivity index (χ2v) is 5.34. The Morgan fingerprint density at radius 2 is 2.11 bits per heavy atom. The van der Waals surface area contributed by atoms with Crippen molar-refractivity contribution in [1.29, 1.82) is 0 Å². The highest BCUT2D eigenvalue weighted by Gasteiger charge is 2.17. The highest BCUT2D eigenvalue weighted by atomic mass is 35.5. The lowest BCUT2D eigenvalue weighted by atomic mass is 10.2. The van der Waals surface area contributed by atoms with Crippen molar-refractivity contribution in [2.45, 2.75) is 38.8 Å². The van der Waals surface area contributed by atoms with E-state index in [-0.39, 0.29) is 11.5 Å². The molecule has 0 aliphatic heterocycles. The summed E-state index contributed by atoms with van der Waals surface area (Å²) in [4.78, 5) is 4.64. The zero-order chi connectivity index (χ0) is 13.3. The number of hydrogen-bond donors (Lipinski definition) is 0. The Labute approximate surface area is 113 Å². The van der Waals surface area contributed by atoms with Crippen LogP contribution in [-0.4, -0.2) is 22.8 Å². The molecule has 0 saturated heterocycles. The molecule has 1 aromatic heterocycles. The van der Waals surface area contributed by atoms with E-state index in [0.717, 1.165) is 23.4 Å². The van der Waals surface area contributed by atoms with Crippen LogP contribution in [0.15, 0.2) is 18.2 Å². The van der Waals surface area contributed by atoms with Gasteiger partial charge in [0.15, 0.2) is 0 Å². The van der Waals surface area contributed by atoms with E-state index in [0.29, 0.717) is 0 Å². The molecule has 0 radical (unpaired) electrons. The van der Waals surface area contributed by atoms with Crippen molar-refractivity contribution in [3.05, 3.63) is 29.6 Å². The lowest BCUT2D eigenvalue weighted by Crippen LogP contribution is -2.17. The number of nitrogens with zero attached hydrogens (tertiary/aromatic N) is 2. The Balaban J connectivity index is 2.61. The molecular weight excluding hydrogens is 248 g/mol. The number of methoxy groups -OCH3 is 1. The number of aryl methyl sites for hydroxylation is 1. The fourth-order valence-electron chi connectivity index (χ4n) is 2.20.